The molecule has 0 radical (unpaired) electrons. The molecule has 0 aliphatic heterocycles. The minimum Gasteiger partial charge on any atom is -0.457 e. The van der Waals surface area contributed by atoms with Gasteiger partial charge in [0.25, 0.3) is 0 Å². The summed E-state index contributed by atoms with van der Waals surface area (Å²) in [7, 11) is 0. The van der Waals surface area contributed by atoms with Crippen molar-refractivity contribution in [3.63, 3.8) is 0 Å². The number of unbranched alkanes of at least 4 members (excludes halogenated alkanes) is 20. The second kappa shape index (κ2) is 31.3. The summed E-state index contributed by atoms with van der Waals surface area (Å²) in [4.78, 5) is 11.9. The Labute approximate surface area is 231 Å². The van der Waals surface area contributed by atoms with E-state index in [0.717, 1.165) is 19.3 Å². The van der Waals surface area contributed by atoms with E-state index in [4.69, 9.17) is 9.47 Å². The fourth-order valence-corrected chi connectivity index (χ4v) is 4.62. The highest BCUT2D eigenvalue weighted by Gasteiger charge is 2.13. The predicted molar refractivity (Wildman–Crippen MR) is 159 cm³/mol. The monoisotopic (exact) mass is 524 g/mol. The van der Waals surface area contributed by atoms with Gasteiger partial charge in [0.05, 0.1) is 13.2 Å². The molecule has 0 saturated carbocycles. The van der Waals surface area contributed by atoms with Crippen LogP contribution in [-0.2, 0) is 14.3 Å². The van der Waals surface area contributed by atoms with Gasteiger partial charge in [0.15, 0.2) is 0 Å². The van der Waals surface area contributed by atoms with Gasteiger partial charge in [0.1, 0.15) is 6.10 Å². The number of hydrogen-bond acceptors (Lipinski definition) is 4. The van der Waals surface area contributed by atoms with Gasteiger partial charge in [-0.3, -0.25) is 4.79 Å². The van der Waals surface area contributed by atoms with Crippen LogP contribution in [0.3, 0.4) is 0 Å². The summed E-state index contributed by atoms with van der Waals surface area (Å²) in [5.41, 5.74) is 0. The van der Waals surface area contributed by atoms with Crippen LogP contribution < -0.4 is 0 Å². The van der Waals surface area contributed by atoms with Crippen LogP contribution in [0.15, 0.2) is 12.2 Å². The first-order valence-corrected chi connectivity index (χ1v) is 16.3. The van der Waals surface area contributed by atoms with Crippen molar-refractivity contribution >= 4 is 5.97 Å². The number of ether oxygens (including phenoxy) is 2. The minimum atomic E-state index is -0.524. The van der Waals surface area contributed by atoms with Crippen LogP contribution in [0.4, 0.5) is 0 Å². The van der Waals surface area contributed by atoms with Crippen molar-refractivity contribution in [2.75, 3.05) is 19.8 Å². The Hall–Kier alpha value is -0.870. The average Bonchev–Trinajstić information content (AvgIpc) is 2.90. The van der Waals surface area contributed by atoms with Gasteiger partial charge in [0, 0.05) is 13.0 Å². The van der Waals surface area contributed by atoms with Crippen molar-refractivity contribution in [2.45, 2.75) is 174 Å². The average molecular weight is 525 g/mol. The quantitative estimate of drug-likeness (QED) is 0.0577. The normalized spacial score (nSPS) is 12.4. The lowest BCUT2D eigenvalue weighted by Crippen LogP contribution is -2.27. The van der Waals surface area contributed by atoms with Crippen LogP contribution in [-0.4, -0.2) is 37.0 Å². The Kier molecular flexibility index (Phi) is 30.6. The molecule has 1 atom stereocenters. The molecular formula is C33H64O4. The van der Waals surface area contributed by atoms with Gasteiger partial charge in [0.2, 0.25) is 0 Å². The van der Waals surface area contributed by atoms with Crippen LogP contribution in [0.2, 0.25) is 0 Å². The maximum absolute atomic E-state index is 11.9. The highest BCUT2D eigenvalue weighted by atomic mass is 16.6. The molecule has 37 heavy (non-hydrogen) atoms. The molecule has 4 heteroatoms. The Morgan fingerprint density at radius 1 is 0.622 bits per heavy atom. The molecule has 0 aliphatic carbocycles. The van der Waals surface area contributed by atoms with Crippen molar-refractivity contribution in [3.8, 4) is 0 Å². The highest BCUT2D eigenvalue weighted by molar-refractivity contribution is 5.69. The zero-order valence-electron chi connectivity index (χ0n) is 25.0. The number of aliphatic hydroxyl groups is 1. The Balaban J connectivity index is 3.33. The Bertz CT molecular complexity index is 477. The van der Waals surface area contributed by atoms with Gasteiger partial charge < -0.3 is 14.6 Å². The van der Waals surface area contributed by atoms with E-state index in [9.17, 15) is 9.90 Å². The second-order valence-corrected chi connectivity index (χ2v) is 10.9. The summed E-state index contributed by atoms with van der Waals surface area (Å²) in [6.45, 7) is 5.27. The molecule has 0 aliphatic rings. The van der Waals surface area contributed by atoms with E-state index in [1.807, 2.05) is 0 Å². The zero-order chi connectivity index (χ0) is 27.1. The summed E-state index contributed by atoms with van der Waals surface area (Å²) >= 11 is 0. The van der Waals surface area contributed by atoms with Crippen molar-refractivity contribution in [1.29, 1.82) is 0 Å². The fourth-order valence-electron chi connectivity index (χ4n) is 4.62. The summed E-state index contributed by atoms with van der Waals surface area (Å²) in [5, 5.41) is 9.43. The first kappa shape index (κ1) is 36.1. The standard InChI is InChI=1S/C33H64O4/c1-3-5-7-9-10-11-12-13-14-15-16-17-18-19-20-21-22-23-25-27-29-36-31-32(30-34)37-33(35)28-26-24-8-6-4-2/h13-14,32,34H,3-12,15-31H2,1-2H3/b14-13-. The van der Waals surface area contributed by atoms with Crippen LogP contribution in [0, 0.1) is 0 Å². The summed E-state index contributed by atoms with van der Waals surface area (Å²) in [6, 6.07) is 0. The van der Waals surface area contributed by atoms with Crippen LogP contribution in [0.1, 0.15) is 168 Å². The van der Waals surface area contributed by atoms with Gasteiger partial charge in [-0.15, -0.1) is 0 Å². The summed E-state index contributed by atoms with van der Waals surface area (Å²) in [6.07, 6.45) is 34.2. The summed E-state index contributed by atoms with van der Waals surface area (Å²) in [5.74, 6) is -0.213. The van der Waals surface area contributed by atoms with Gasteiger partial charge in [-0.25, -0.2) is 0 Å². The third-order valence-electron chi connectivity index (χ3n) is 7.09. The molecular weight excluding hydrogens is 460 g/mol. The second-order valence-electron chi connectivity index (χ2n) is 10.9. The van der Waals surface area contributed by atoms with E-state index in [0.29, 0.717) is 19.6 Å². The van der Waals surface area contributed by atoms with E-state index in [1.165, 1.54) is 128 Å². The molecule has 0 aromatic rings. The van der Waals surface area contributed by atoms with Crippen molar-refractivity contribution in [3.05, 3.63) is 12.2 Å². The molecule has 0 bridgehead atoms. The van der Waals surface area contributed by atoms with E-state index >= 15 is 0 Å². The molecule has 0 aromatic heterocycles. The maximum Gasteiger partial charge on any atom is 0.306 e. The summed E-state index contributed by atoms with van der Waals surface area (Å²) < 4.78 is 11.0. The number of esters is 1. The van der Waals surface area contributed by atoms with Gasteiger partial charge in [-0.1, -0.05) is 135 Å². The number of aliphatic hydroxyl groups excluding tert-OH is 1. The lowest BCUT2D eigenvalue weighted by Gasteiger charge is -2.15. The van der Waals surface area contributed by atoms with E-state index < -0.39 is 6.10 Å². The molecule has 1 N–H and O–H groups in total. The van der Waals surface area contributed by atoms with Crippen LogP contribution >= 0.6 is 0 Å². The third kappa shape index (κ3) is 29.5. The zero-order valence-corrected chi connectivity index (χ0v) is 25.0. The van der Waals surface area contributed by atoms with Gasteiger partial charge in [-0.05, 0) is 38.5 Å². The molecule has 0 heterocycles. The number of hydrogen-bond donors (Lipinski definition) is 1. The SMILES string of the molecule is CCCCCCCC/C=C\CCCCCCCCCCCCOCC(CO)OC(=O)CCCCCCC. The van der Waals surface area contributed by atoms with E-state index in [1.54, 1.807) is 0 Å². The molecule has 0 fully saturated rings. The molecule has 0 saturated heterocycles. The van der Waals surface area contributed by atoms with Crippen molar-refractivity contribution in [2.24, 2.45) is 0 Å². The smallest absolute Gasteiger partial charge is 0.306 e. The predicted octanol–water partition coefficient (Wildman–Crippen LogP) is 9.87. The first-order valence-electron chi connectivity index (χ1n) is 16.3. The topological polar surface area (TPSA) is 55.8 Å². The molecule has 4 nitrogen and oxygen atoms in total. The number of rotatable bonds is 30. The molecule has 220 valence electrons. The van der Waals surface area contributed by atoms with Gasteiger partial charge >= 0.3 is 5.97 Å². The maximum atomic E-state index is 11.9. The number of carbonyl (C=O) groups excluding carboxylic acids is 1. The molecule has 0 rings (SSSR count). The Morgan fingerprint density at radius 2 is 1.05 bits per heavy atom. The number of carbonyl (C=O) groups is 1. The lowest BCUT2D eigenvalue weighted by molar-refractivity contribution is -0.154. The molecule has 0 amide bonds. The fraction of sp³-hybridized carbons (Fsp3) is 0.909. The van der Waals surface area contributed by atoms with Crippen molar-refractivity contribution in [1.82, 2.24) is 0 Å². The Morgan fingerprint density at radius 3 is 1.54 bits per heavy atom. The lowest BCUT2D eigenvalue weighted by atomic mass is 10.1. The molecule has 0 aromatic carbocycles. The minimum absolute atomic E-state index is 0.169. The molecule has 0 spiro atoms. The van der Waals surface area contributed by atoms with Crippen molar-refractivity contribution < 1.29 is 19.4 Å². The highest BCUT2D eigenvalue weighted by Crippen LogP contribution is 2.13. The number of allylic oxidation sites excluding steroid dienone is 2. The van der Waals surface area contributed by atoms with Crippen LogP contribution in [0.5, 0.6) is 0 Å². The van der Waals surface area contributed by atoms with E-state index in [-0.39, 0.29) is 12.6 Å². The third-order valence-corrected chi connectivity index (χ3v) is 7.09. The van der Waals surface area contributed by atoms with E-state index in [2.05, 4.69) is 26.0 Å². The largest absolute Gasteiger partial charge is 0.457 e. The van der Waals surface area contributed by atoms with Crippen LogP contribution in [0.25, 0.3) is 0 Å². The molecule has 1 unspecified atom stereocenters. The first-order chi connectivity index (χ1) is 18.2. The van der Waals surface area contributed by atoms with Gasteiger partial charge in [-0.2, -0.15) is 0 Å².